The van der Waals surface area contributed by atoms with Crippen LogP contribution in [0.3, 0.4) is 0 Å². The van der Waals surface area contributed by atoms with Gasteiger partial charge in [0, 0.05) is 6.20 Å². The molecule has 0 aromatic carbocycles. The summed E-state index contributed by atoms with van der Waals surface area (Å²) in [5.74, 6) is 0.730. The molecular formula is C16H22ClN5O2. The summed E-state index contributed by atoms with van der Waals surface area (Å²) in [5, 5.41) is 6.93. The molecule has 0 radical (unpaired) electrons. The van der Waals surface area contributed by atoms with Crippen molar-refractivity contribution in [3.05, 3.63) is 41.8 Å². The predicted molar refractivity (Wildman–Crippen MR) is 90.5 cm³/mol. The molecule has 0 bridgehead atoms. The second kappa shape index (κ2) is 7.27. The Morgan fingerprint density at radius 1 is 1.38 bits per heavy atom. The second-order valence-corrected chi connectivity index (χ2v) is 6.38. The Kier molecular flexibility index (Phi) is 5.56. The van der Waals surface area contributed by atoms with E-state index in [1.54, 1.807) is 24.4 Å². The van der Waals surface area contributed by atoms with Gasteiger partial charge < -0.3 is 15.6 Å². The monoisotopic (exact) mass is 351 g/mol. The number of pyridine rings is 1. The maximum atomic E-state index is 12.3. The van der Waals surface area contributed by atoms with E-state index >= 15 is 0 Å². The standard InChI is InChI=1S/C16H21N5O2.ClH/c1-10(2)12(19-13(22)11-6-3-4-9-18-11)14-20-15(21-23-14)16(17)7-5-8-16;/h3-4,6,9-10,12H,5,7-8,17H2,1-2H3,(H,19,22);1H. The Hall–Kier alpha value is -1.99. The van der Waals surface area contributed by atoms with Gasteiger partial charge in [0.05, 0.1) is 5.54 Å². The zero-order valence-corrected chi connectivity index (χ0v) is 14.5. The van der Waals surface area contributed by atoms with Crippen molar-refractivity contribution in [2.45, 2.75) is 44.7 Å². The average Bonchev–Trinajstić information content (AvgIpc) is 3.00. The molecule has 0 saturated heterocycles. The van der Waals surface area contributed by atoms with E-state index < -0.39 is 5.54 Å². The maximum Gasteiger partial charge on any atom is 0.270 e. The molecule has 0 aliphatic heterocycles. The minimum atomic E-state index is -0.478. The number of aromatic nitrogens is 3. The van der Waals surface area contributed by atoms with E-state index in [9.17, 15) is 4.79 Å². The van der Waals surface area contributed by atoms with Crippen LogP contribution in [0, 0.1) is 5.92 Å². The number of halogens is 1. The molecule has 0 spiro atoms. The van der Waals surface area contributed by atoms with Crippen molar-refractivity contribution in [3.63, 3.8) is 0 Å². The minimum absolute atomic E-state index is 0. The molecule has 8 heteroatoms. The van der Waals surface area contributed by atoms with Gasteiger partial charge in [-0.15, -0.1) is 12.4 Å². The van der Waals surface area contributed by atoms with Crippen LogP contribution in [-0.2, 0) is 5.54 Å². The lowest BCUT2D eigenvalue weighted by molar-refractivity contribution is 0.0909. The summed E-state index contributed by atoms with van der Waals surface area (Å²) in [7, 11) is 0. The third-order valence-electron chi connectivity index (χ3n) is 4.25. The number of nitrogens with two attached hydrogens (primary N) is 1. The molecule has 1 fully saturated rings. The van der Waals surface area contributed by atoms with Gasteiger partial charge in [-0.25, -0.2) is 0 Å². The molecule has 7 nitrogen and oxygen atoms in total. The van der Waals surface area contributed by atoms with Crippen molar-refractivity contribution in [3.8, 4) is 0 Å². The lowest BCUT2D eigenvalue weighted by Crippen LogP contribution is -2.44. The predicted octanol–water partition coefficient (Wildman–Crippen LogP) is 2.35. The normalized spacial score (nSPS) is 16.8. The number of hydrogen-bond donors (Lipinski definition) is 2. The van der Waals surface area contributed by atoms with E-state index in [0.29, 0.717) is 17.4 Å². The van der Waals surface area contributed by atoms with Gasteiger partial charge in [-0.05, 0) is 37.3 Å². The van der Waals surface area contributed by atoms with Crippen LogP contribution in [0.25, 0.3) is 0 Å². The number of amides is 1. The molecule has 2 aromatic rings. The highest BCUT2D eigenvalue weighted by atomic mass is 35.5. The van der Waals surface area contributed by atoms with Gasteiger partial charge in [0.25, 0.3) is 5.91 Å². The summed E-state index contributed by atoms with van der Waals surface area (Å²) in [6.45, 7) is 3.96. The quantitative estimate of drug-likeness (QED) is 0.856. The number of carbonyl (C=O) groups excluding carboxylic acids is 1. The number of carbonyl (C=O) groups is 1. The van der Waals surface area contributed by atoms with E-state index in [4.69, 9.17) is 10.3 Å². The average molecular weight is 352 g/mol. The molecule has 1 saturated carbocycles. The number of rotatable bonds is 5. The van der Waals surface area contributed by atoms with E-state index in [1.807, 2.05) is 13.8 Å². The molecule has 1 atom stereocenters. The van der Waals surface area contributed by atoms with Crippen molar-refractivity contribution < 1.29 is 9.32 Å². The number of hydrogen-bond acceptors (Lipinski definition) is 6. The second-order valence-electron chi connectivity index (χ2n) is 6.38. The highest BCUT2D eigenvalue weighted by molar-refractivity contribution is 5.92. The topological polar surface area (TPSA) is 107 Å². The molecule has 3 N–H and O–H groups in total. The first kappa shape index (κ1) is 18.4. The van der Waals surface area contributed by atoms with Gasteiger partial charge in [-0.2, -0.15) is 4.98 Å². The first-order valence-electron chi connectivity index (χ1n) is 7.84. The van der Waals surface area contributed by atoms with Gasteiger partial charge in [0.15, 0.2) is 5.82 Å². The number of nitrogens with zero attached hydrogens (tertiary/aromatic N) is 3. The summed E-state index contributed by atoms with van der Waals surface area (Å²) in [6.07, 6.45) is 4.38. The van der Waals surface area contributed by atoms with Crippen LogP contribution in [0.15, 0.2) is 28.9 Å². The van der Waals surface area contributed by atoms with E-state index in [2.05, 4.69) is 20.4 Å². The van der Waals surface area contributed by atoms with Crippen LogP contribution in [0.2, 0.25) is 0 Å². The fraction of sp³-hybridized carbons (Fsp3) is 0.500. The van der Waals surface area contributed by atoms with Gasteiger partial charge in [0.1, 0.15) is 11.7 Å². The fourth-order valence-corrected chi connectivity index (χ4v) is 2.57. The van der Waals surface area contributed by atoms with Crippen LogP contribution in [0.1, 0.15) is 61.4 Å². The summed E-state index contributed by atoms with van der Waals surface area (Å²) >= 11 is 0. The molecule has 1 aliphatic rings. The molecule has 1 aliphatic carbocycles. The summed E-state index contributed by atoms with van der Waals surface area (Å²) in [4.78, 5) is 20.8. The maximum absolute atomic E-state index is 12.3. The first-order valence-corrected chi connectivity index (χ1v) is 7.84. The Labute approximate surface area is 146 Å². The largest absolute Gasteiger partial charge is 0.339 e. The highest BCUT2D eigenvalue weighted by Crippen LogP contribution is 2.37. The van der Waals surface area contributed by atoms with Gasteiger partial charge in [0.2, 0.25) is 5.89 Å². The van der Waals surface area contributed by atoms with Crippen molar-refractivity contribution in [1.29, 1.82) is 0 Å². The van der Waals surface area contributed by atoms with Gasteiger partial charge in [-0.1, -0.05) is 25.1 Å². The Bertz CT molecular complexity index is 685. The van der Waals surface area contributed by atoms with Crippen LogP contribution in [0.4, 0.5) is 0 Å². The molecule has 130 valence electrons. The molecule has 1 unspecified atom stereocenters. The first-order chi connectivity index (χ1) is 11.0. The van der Waals surface area contributed by atoms with Crippen LogP contribution < -0.4 is 11.1 Å². The van der Waals surface area contributed by atoms with Crippen LogP contribution >= 0.6 is 12.4 Å². The fourth-order valence-electron chi connectivity index (χ4n) is 2.57. The third kappa shape index (κ3) is 3.57. The Morgan fingerprint density at radius 2 is 2.12 bits per heavy atom. The van der Waals surface area contributed by atoms with E-state index in [1.165, 1.54) is 0 Å². The van der Waals surface area contributed by atoms with E-state index in [0.717, 1.165) is 19.3 Å². The van der Waals surface area contributed by atoms with E-state index in [-0.39, 0.29) is 30.3 Å². The Balaban J connectivity index is 0.00000208. The SMILES string of the molecule is CC(C)C(NC(=O)c1ccccn1)c1nc(C2(N)CCC2)no1.Cl. The summed E-state index contributed by atoms with van der Waals surface area (Å²) in [6, 6.07) is 4.82. The molecule has 24 heavy (non-hydrogen) atoms. The third-order valence-corrected chi connectivity index (χ3v) is 4.25. The van der Waals surface area contributed by atoms with Crippen molar-refractivity contribution in [2.75, 3.05) is 0 Å². The summed E-state index contributed by atoms with van der Waals surface area (Å²) < 4.78 is 5.37. The molecule has 1 amide bonds. The minimum Gasteiger partial charge on any atom is -0.339 e. The molecule has 3 rings (SSSR count). The zero-order valence-electron chi connectivity index (χ0n) is 13.7. The number of nitrogens with one attached hydrogen (secondary N) is 1. The lowest BCUT2D eigenvalue weighted by atomic mass is 9.77. The van der Waals surface area contributed by atoms with Crippen LogP contribution in [-0.4, -0.2) is 21.0 Å². The summed E-state index contributed by atoms with van der Waals surface area (Å²) in [5.41, 5.74) is 6.10. The van der Waals surface area contributed by atoms with Crippen molar-refractivity contribution in [2.24, 2.45) is 11.7 Å². The lowest BCUT2D eigenvalue weighted by Gasteiger charge is -2.34. The Morgan fingerprint density at radius 3 is 2.67 bits per heavy atom. The van der Waals surface area contributed by atoms with Gasteiger partial charge >= 0.3 is 0 Å². The zero-order chi connectivity index (χ0) is 16.4. The highest BCUT2D eigenvalue weighted by Gasteiger charge is 2.40. The van der Waals surface area contributed by atoms with Gasteiger partial charge in [-0.3, -0.25) is 9.78 Å². The molecule has 2 aromatic heterocycles. The smallest absolute Gasteiger partial charge is 0.270 e. The molecular weight excluding hydrogens is 330 g/mol. The van der Waals surface area contributed by atoms with Crippen LogP contribution in [0.5, 0.6) is 0 Å². The molecule has 2 heterocycles. The van der Waals surface area contributed by atoms with Crippen molar-refractivity contribution >= 4 is 18.3 Å². The van der Waals surface area contributed by atoms with Crippen molar-refractivity contribution in [1.82, 2.24) is 20.4 Å².